The van der Waals surface area contributed by atoms with Gasteiger partial charge in [-0.05, 0) is 62.3 Å². The van der Waals surface area contributed by atoms with Crippen LogP contribution in [0.15, 0.2) is 12.1 Å². The maximum Gasteiger partial charge on any atom is 0.150 e. The number of benzene rings is 1. The van der Waals surface area contributed by atoms with E-state index in [-0.39, 0.29) is 0 Å². The van der Waals surface area contributed by atoms with Crippen LogP contribution < -0.4 is 4.74 Å². The van der Waals surface area contributed by atoms with E-state index in [4.69, 9.17) is 4.74 Å². The van der Waals surface area contributed by atoms with E-state index in [1.54, 1.807) is 0 Å². The first-order valence-electron chi connectivity index (χ1n) is 6.83. The Bertz CT molecular complexity index is 414. The fraction of sp³-hybridized carbons (Fsp3) is 0.562. The Labute approximate surface area is 109 Å². The summed E-state index contributed by atoms with van der Waals surface area (Å²) in [6, 6.07) is 3.81. The van der Waals surface area contributed by atoms with Crippen LogP contribution in [0.25, 0.3) is 0 Å². The molecule has 1 aromatic rings. The highest BCUT2D eigenvalue weighted by Gasteiger charge is 2.21. The highest BCUT2D eigenvalue weighted by atomic mass is 16.5. The van der Waals surface area contributed by atoms with Gasteiger partial charge in [-0.2, -0.15) is 0 Å². The van der Waals surface area contributed by atoms with Crippen molar-refractivity contribution in [2.75, 3.05) is 0 Å². The minimum absolute atomic E-state index is 0.341. The van der Waals surface area contributed by atoms with Crippen LogP contribution in [0.2, 0.25) is 0 Å². The maximum atomic E-state index is 10.8. The molecule has 2 nitrogen and oxygen atoms in total. The van der Waals surface area contributed by atoms with Crippen LogP contribution in [0.4, 0.5) is 0 Å². The van der Waals surface area contributed by atoms with Crippen LogP contribution in [0.3, 0.4) is 0 Å². The minimum atomic E-state index is 0.341. The normalized spacial score (nSPS) is 23.7. The van der Waals surface area contributed by atoms with Gasteiger partial charge in [-0.25, -0.2) is 0 Å². The van der Waals surface area contributed by atoms with E-state index in [0.29, 0.717) is 6.10 Å². The second-order valence-corrected chi connectivity index (χ2v) is 5.61. The summed E-state index contributed by atoms with van der Waals surface area (Å²) in [5.74, 6) is 1.73. The van der Waals surface area contributed by atoms with Gasteiger partial charge in [0.1, 0.15) is 12.0 Å². The summed E-state index contributed by atoms with van der Waals surface area (Å²) in [4.78, 5) is 10.8. The third-order valence-corrected chi connectivity index (χ3v) is 3.79. The van der Waals surface area contributed by atoms with Gasteiger partial charge in [0.05, 0.1) is 6.10 Å². The van der Waals surface area contributed by atoms with Crippen molar-refractivity contribution in [3.05, 3.63) is 28.8 Å². The van der Waals surface area contributed by atoms with E-state index in [1.165, 1.54) is 12.8 Å². The summed E-state index contributed by atoms with van der Waals surface area (Å²) in [7, 11) is 0. The predicted octanol–water partition coefficient (Wildman–Crippen LogP) is 4.07. The fourth-order valence-electron chi connectivity index (χ4n) is 2.89. The first-order valence-corrected chi connectivity index (χ1v) is 6.83. The molecule has 1 aliphatic carbocycles. The number of hydrogen-bond acceptors (Lipinski definition) is 2. The molecule has 2 unspecified atom stereocenters. The molecular weight excluding hydrogens is 224 g/mol. The lowest BCUT2D eigenvalue weighted by atomic mass is 9.88. The maximum absolute atomic E-state index is 10.8. The van der Waals surface area contributed by atoms with Gasteiger partial charge in [0.2, 0.25) is 0 Å². The number of aryl methyl sites for hydroxylation is 2. The molecule has 1 fully saturated rings. The van der Waals surface area contributed by atoms with Gasteiger partial charge in [-0.15, -0.1) is 0 Å². The monoisotopic (exact) mass is 246 g/mol. The summed E-state index contributed by atoms with van der Waals surface area (Å²) in [6.45, 7) is 6.33. The zero-order valence-electron chi connectivity index (χ0n) is 11.5. The first kappa shape index (κ1) is 13.1. The molecule has 0 aromatic heterocycles. The van der Waals surface area contributed by atoms with Crippen LogP contribution in [0.1, 0.15) is 54.1 Å². The SMILES string of the molecule is Cc1cc(C=O)cc(C)c1OC1CCCC(C)C1. The molecule has 98 valence electrons. The predicted molar refractivity (Wildman–Crippen MR) is 73.4 cm³/mol. The number of carbonyl (C=O) groups is 1. The largest absolute Gasteiger partial charge is 0.490 e. The van der Waals surface area contributed by atoms with Crippen LogP contribution in [0.5, 0.6) is 5.75 Å². The van der Waals surface area contributed by atoms with Gasteiger partial charge in [0.25, 0.3) is 0 Å². The zero-order valence-corrected chi connectivity index (χ0v) is 11.5. The van der Waals surface area contributed by atoms with E-state index in [9.17, 15) is 4.79 Å². The molecule has 0 bridgehead atoms. The standard InChI is InChI=1S/C16H22O2/c1-11-5-4-6-15(7-11)18-16-12(2)8-14(10-17)9-13(16)3/h8-11,15H,4-7H2,1-3H3. The molecule has 0 N–H and O–H groups in total. The van der Waals surface area contributed by atoms with Crippen LogP contribution >= 0.6 is 0 Å². The van der Waals surface area contributed by atoms with Gasteiger partial charge in [-0.1, -0.05) is 13.3 Å². The Hall–Kier alpha value is -1.31. The Morgan fingerprint density at radius 2 is 1.89 bits per heavy atom. The topological polar surface area (TPSA) is 26.3 Å². The number of hydrogen-bond donors (Lipinski definition) is 0. The van der Waals surface area contributed by atoms with Crippen LogP contribution in [0, 0.1) is 19.8 Å². The molecule has 0 saturated heterocycles. The van der Waals surface area contributed by atoms with E-state index in [0.717, 1.165) is 47.5 Å². The highest BCUT2D eigenvalue weighted by molar-refractivity contribution is 5.76. The number of aldehydes is 1. The quantitative estimate of drug-likeness (QED) is 0.751. The van der Waals surface area contributed by atoms with Crippen LogP contribution in [-0.4, -0.2) is 12.4 Å². The van der Waals surface area contributed by atoms with Crippen molar-refractivity contribution in [2.24, 2.45) is 5.92 Å². The molecule has 0 heterocycles. The van der Waals surface area contributed by atoms with E-state index < -0.39 is 0 Å². The lowest BCUT2D eigenvalue weighted by molar-refractivity contribution is 0.112. The molecule has 0 amide bonds. The van der Waals surface area contributed by atoms with Crippen molar-refractivity contribution in [1.29, 1.82) is 0 Å². The lowest BCUT2D eigenvalue weighted by Gasteiger charge is -2.28. The molecule has 18 heavy (non-hydrogen) atoms. The average Bonchev–Trinajstić information content (AvgIpc) is 2.33. The molecule has 0 spiro atoms. The van der Waals surface area contributed by atoms with Gasteiger partial charge >= 0.3 is 0 Å². The Morgan fingerprint density at radius 1 is 1.22 bits per heavy atom. The van der Waals surface area contributed by atoms with Crippen molar-refractivity contribution in [1.82, 2.24) is 0 Å². The van der Waals surface area contributed by atoms with E-state index >= 15 is 0 Å². The van der Waals surface area contributed by atoms with Gasteiger partial charge in [-0.3, -0.25) is 4.79 Å². The second kappa shape index (κ2) is 5.55. The average molecular weight is 246 g/mol. The summed E-state index contributed by atoms with van der Waals surface area (Å²) in [5, 5.41) is 0. The molecule has 1 saturated carbocycles. The van der Waals surface area contributed by atoms with Crippen LogP contribution in [-0.2, 0) is 0 Å². The summed E-state index contributed by atoms with van der Waals surface area (Å²) < 4.78 is 6.17. The van der Waals surface area contributed by atoms with Gasteiger partial charge in [0, 0.05) is 5.56 Å². The van der Waals surface area contributed by atoms with Gasteiger partial charge < -0.3 is 4.74 Å². The van der Waals surface area contributed by atoms with Crippen molar-refractivity contribution >= 4 is 6.29 Å². The van der Waals surface area contributed by atoms with Crippen molar-refractivity contribution in [3.8, 4) is 5.75 Å². The van der Waals surface area contributed by atoms with E-state index in [2.05, 4.69) is 6.92 Å². The molecule has 1 aromatic carbocycles. The first-order chi connectivity index (χ1) is 8.60. The fourth-order valence-corrected chi connectivity index (χ4v) is 2.89. The number of rotatable bonds is 3. The molecule has 0 radical (unpaired) electrons. The summed E-state index contributed by atoms with van der Waals surface area (Å²) >= 11 is 0. The third-order valence-electron chi connectivity index (χ3n) is 3.79. The molecule has 1 aliphatic rings. The lowest BCUT2D eigenvalue weighted by Crippen LogP contribution is -2.24. The molecule has 2 rings (SSSR count). The van der Waals surface area contributed by atoms with Crippen molar-refractivity contribution in [2.45, 2.75) is 52.6 Å². The zero-order chi connectivity index (χ0) is 13.1. The molecule has 2 heteroatoms. The Kier molecular flexibility index (Phi) is 4.05. The smallest absolute Gasteiger partial charge is 0.150 e. The molecule has 0 aliphatic heterocycles. The summed E-state index contributed by atoms with van der Waals surface area (Å²) in [6.07, 6.45) is 6.12. The van der Waals surface area contributed by atoms with Crippen molar-refractivity contribution < 1.29 is 9.53 Å². The second-order valence-electron chi connectivity index (χ2n) is 5.61. The van der Waals surface area contributed by atoms with Crippen molar-refractivity contribution in [3.63, 3.8) is 0 Å². The highest BCUT2D eigenvalue weighted by Crippen LogP contribution is 2.31. The van der Waals surface area contributed by atoms with E-state index in [1.807, 2.05) is 26.0 Å². The van der Waals surface area contributed by atoms with Gasteiger partial charge in [0.15, 0.2) is 0 Å². The number of carbonyl (C=O) groups excluding carboxylic acids is 1. The molecular formula is C16H22O2. The minimum Gasteiger partial charge on any atom is -0.490 e. The number of ether oxygens (including phenoxy) is 1. The Morgan fingerprint density at radius 3 is 2.44 bits per heavy atom. The third kappa shape index (κ3) is 2.92. The Balaban J connectivity index is 2.15. The summed E-state index contributed by atoms with van der Waals surface area (Å²) in [5.41, 5.74) is 2.86. The molecule has 2 atom stereocenters.